The maximum absolute atomic E-state index is 11.3. The Kier molecular flexibility index (Phi) is 4.27. The van der Waals surface area contributed by atoms with Gasteiger partial charge in [-0.15, -0.1) is 0 Å². The molecule has 0 spiro atoms. The molecule has 1 aromatic carbocycles. The molecule has 3 rings (SSSR count). The lowest BCUT2D eigenvalue weighted by Crippen LogP contribution is -2.38. The zero-order valence-electron chi connectivity index (χ0n) is 13.2. The molecule has 0 atom stereocenters. The summed E-state index contributed by atoms with van der Waals surface area (Å²) in [7, 11) is 0. The van der Waals surface area contributed by atoms with Gasteiger partial charge in [-0.05, 0) is 37.8 Å². The molecule has 0 unspecified atom stereocenters. The van der Waals surface area contributed by atoms with Crippen LogP contribution in [0.5, 0.6) is 5.75 Å². The number of benzene rings is 1. The third kappa shape index (κ3) is 3.21. The maximum Gasteiger partial charge on any atom is 0.219 e. The molecule has 0 N–H and O–H groups in total. The van der Waals surface area contributed by atoms with Crippen molar-refractivity contribution in [1.29, 1.82) is 0 Å². The van der Waals surface area contributed by atoms with Gasteiger partial charge >= 0.3 is 0 Å². The van der Waals surface area contributed by atoms with Crippen LogP contribution < -0.4 is 4.74 Å². The summed E-state index contributed by atoms with van der Waals surface area (Å²) in [6.45, 7) is 6.02. The fourth-order valence-electron chi connectivity index (χ4n) is 2.96. The van der Waals surface area contributed by atoms with Gasteiger partial charge in [-0.25, -0.2) is 4.98 Å². The second kappa shape index (κ2) is 6.34. The van der Waals surface area contributed by atoms with E-state index in [2.05, 4.69) is 17.1 Å². The molecular weight excluding hydrogens is 276 g/mol. The molecule has 0 aliphatic carbocycles. The summed E-state index contributed by atoms with van der Waals surface area (Å²) in [5.74, 6) is 1.54. The molecule has 4 nitrogen and oxygen atoms in total. The molecule has 116 valence electrons. The van der Waals surface area contributed by atoms with Crippen LogP contribution in [0, 0.1) is 12.8 Å². The first-order chi connectivity index (χ1) is 10.6. The van der Waals surface area contributed by atoms with E-state index in [0.717, 1.165) is 48.3 Å². The lowest BCUT2D eigenvalue weighted by molar-refractivity contribution is -0.130. The number of likely N-dealkylation sites (tertiary alicyclic amines) is 1. The highest BCUT2D eigenvalue weighted by molar-refractivity contribution is 5.84. The zero-order valence-corrected chi connectivity index (χ0v) is 13.2. The normalized spacial score (nSPS) is 16.0. The molecule has 2 heterocycles. The summed E-state index contributed by atoms with van der Waals surface area (Å²) in [6.07, 6.45) is 2.02. The minimum atomic E-state index is 0.174. The number of ether oxygens (including phenoxy) is 1. The number of carbonyl (C=O) groups is 1. The number of aromatic nitrogens is 1. The van der Waals surface area contributed by atoms with Gasteiger partial charge in [0, 0.05) is 31.1 Å². The molecule has 1 aromatic heterocycles. The van der Waals surface area contributed by atoms with Gasteiger partial charge in [-0.3, -0.25) is 4.79 Å². The van der Waals surface area contributed by atoms with Crippen molar-refractivity contribution >= 4 is 16.8 Å². The summed E-state index contributed by atoms with van der Waals surface area (Å²) < 4.78 is 6.04. The van der Waals surface area contributed by atoms with E-state index >= 15 is 0 Å². The van der Waals surface area contributed by atoms with Gasteiger partial charge in [0.2, 0.25) is 5.91 Å². The van der Waals surface area contributed by atoms with Crippen LogP contribution in [-0.2, 0) is 4.79 Å². The van der Waals surface area contributed by atoms with E-state index in [1.165, 1.54) is 0 Å². The molecule has 1 fully saturated rings. The fraction of sp³-hybridized carbons (Fsp3) is 0.444. The summed E-state index contributed by atoms with van der Waals surface area (Å²) >= 11 is 0. The first-order valence-corrected chi connectivity index (χ1v) is 7.88. The largest absolute Gasteiger partial charge is 0.491 e. The molecule has 2 aromatic rings. The number of para-hydroxylation sites is 1. The van der Waals surface area contributed by atoms with Crippen LogP contribution >= 0.6 is 0 Å². The molecule has 1 saturated heterocycles. The molecule has 1 aliphatic heterocycles. The van der Waals surface area contributed by atoms with Gasteiger partial charge in [-0.2, -0.15) is 0 Å². The molecule has 1 amide bonds. The Balaban J connectivity index is 1.65. The highest BCUT2D eigenvalue weighted by Gasteiger charge is 2.21. The van der Waals surface area contributed by atoms with Gasteiger partial charge < -0.3 is 9.64 Å². The number of hydrogen-bond donors (Lipinski definition) is 0. The van der Waals surface area contributed by atoms with Crippen molar-refractivity contribution in [2.75, 3.05) is 19.7 Å². The molecule has 0 radical (unpaired) electrons. The molecule has 0 saturated carbocycles. The SMILES string of the molecule is CC(=O)N1CCC(COc2cccc3ccc(C)nc23)CC1. The number of aryl methyl sites for hydroxylation is 1. The van der Waals surface area contributed by atoms with Crippen LogP contribution in [0.4, 0.5) is 0 Å². The Bertz CT molecular complexity index is 676. The molecule has 4 heteroatoms. The Labute approximate surface area is 131 Å². The number of amides is 1. The average Bonchev–Trinajstić information content (AvgIpc) is 2.53. The van der Waals surface area contributed by atoms with E-state index in [9.17, 15) is 4.79 Å². The van der Waals surface area contributed by atoms with Crippen LogP contribution in [0.3, 0.4) is 0 Å². The Morgan fingerprint density at radius 2 is 2.05 bits per heavy atom. The van der Waals surface area contributed by atoms with Gasteiger partial charge in [0.25, 0.3) is 0 Å². The van der Waals surface area contributed by atoms with Gasteiger partial charge in [-0.1, -0.05) is 18.2 Å². The number of carbonyl (C=O) groups excluding carboxylic acids is 1. The van der Waals surface area contributed by atoms with Crippen LogP contribution in [-0.4, -0.2) is 35.5 Å². The Morgan fingerprint density at radius 1 is 1.27 bits per heavy atom. The number of piperidine rings is 1. The zero-order chi connectivity index (χ0) is 15.5. The second-order valence-corrected chi connectivity index (χ2v) is 6.04. The Morgan fingerprint density at radius 3 is 2.77 bits per heavy atom. The van der Waals surface area contributed by atoms with Crippen molar-refractivity contribution in [3.63, 3.8) is 0 Å². The van der Waals surface area contributed by atoms with Crippen molar-refractivity contribution in [2.45, 2.75) is 26.7 Å². The third-order valence-electron chi connectivity index (χ3n) is 4.36. The smallest absolute Gasteiger partial charge is 0.219 e. The Hall–Kier alpha value is -2.10. The number of fused-ring (bicyclic) bond motifs is 1. The summed E-state index contributed by atoms with van der Waals surface area (Å²) in [4.78, 5) is 17.9. The highest BCUT2D eigenvalue weighted by Crippen LogP contribution is 2.26. The third-order valence-corrected chi connectivity index (χ3v) is 4.36. The predicted molar refractivity (Wildman–Crippen MR) is 87.0 cm³/mol. The highest BCUT2D eigenvalue weighted by atomic mass is 16.5. The van der Waals surface area contributed by atoms with Crippen LogP contribution in [0.25, 0.3) is 10.9 Å². The maximum atomic E-state index is 11.3. The minimum Gasteiger partial charge on any atom is -0.491 e. The van der Waals surface area contributed by atoms with E-state index in [0.29, 0.717) is 12.5 Å². The van der Waals surface area contributed by atoms with Crippen LogP contribution in [0.2, 0.25) is 0 Å². The predicted octanol–water partition coefficient (Wildman–Crippen LogP) is 3.18. The monoisotopic (exact) mass is 298 g/mol. The van der Waals surface area contributed by atoms with Crippen molar-refractivity contribution < 1.29 is 9.53 Å². The van der Waals surface area contributed by atoms with Gasteiger partial charge in [0.15, 0.2) is 0 Å². The van der Waals surface area contributed by atoms with Crippen LogP contribution in [0.1, 0.15) is 25.5 Å². The molecule has 0 bridgehead atoms. The van der Waals surface area contributed by atoms with E-state index < -0.39 is 0 Å². The number of hydrogen-bond acceptors (Lipinski definition) is 3. The van der Waals surface area contributed by atoms with E-state index in [1.807, 2.05) is 30.0 Å². The summed E-state index contributed by atoms with van der Waals surface area (Å²) in [6, 6.07) is 10.1. The second-order valence-electron chi connectivity index (χ2n) is 6.04. The number of nitrogens with zero attached hydrogens (tertiary/aromatic N) is 2. The van der Waals surface area contributed by atoms with Crippen molar-refractivity contribution in [1.82, 2.24) is 9.88 Å². The standard InChI is InChI=1S/C18H22N2O2/c1-13-6-7-16-4-3-5-17(18(16)19-13)22-12-15-8-10-20(11-9-15)14(2)21/h3-7,15H,8-12H2,1-2H3. The van der Waals surface area contributed by atoms with Gasteiger partial charge in [0.05, 0.1) is 6.61 Å². The summed E-state index contributed by atoms with van der Waals surface area (Å²) in [5.41, 5.74) is 1.93. The lowest BCUT2D eigenvalue weighted by atomic mass is 9.98. The minimum absolute atomic E-state index is 0.174. The van der Waals surface area contributed by atoms with Crippen LogP contribution in [0.15, 0.2) is 30.3 Å². The first-order valence-electron chi connectivity index (χ1n) is 7.88. The number of pyridine rings is 1. The lowest BCUT2D eigenvalue weighted by Gasteiger charge is -2.31. The van der Waals surface area contributed by atoms with Crippen molar-refractivity contribution in [3.05, 3.63) is 36.0 Å². The fourth-order valence-corrected chi connectivity index (χ4v) is 2.96. The van der Waals surface area contributed by atoms with Crippen molar-refractivity contribution in [3.8, 4) is 5.75 Å². The van der Waals surface area contributed by atoms with Gasteiger partial charge in [0.1, 0.15) is 11.3 Å². The molecular formula is C18H22N2O2. The summed E-state index contributed by atoms with van der Waals surface area (Å²) in [5, 5.41) is 1.11. The van der Waals surface area contributed by atoms with E-state index in [-0.39, 0.29) is 5.91 Å². The number of rotatable bonds is 3. The topological polar surface area (TPSA) is 42.4 Å². The van der Waals surface area contributed by atoms with E-state index in [4.69, 9.17) is 4.74 Å². The molecule has 1 aliphatic rings. The molecule has 22 heavy (non-hydrogen) atoms. The van der Waals surface area contributed by atoms with Crippen molar-refractivity contribution in [2.24, 2.45) is 5.92 Å². The van der Waals surface area contributed by atoms with E-state index in [1.54, 1.807) is 6.92 Å². The quantitative estimate of drug-likeness (QED) is 0.874. The first kappa shape index (κ1) is 14.8. The average molecular weight is 298 g/mol.